The minimum absolute atomic E-state index is 0.0344. The molecular formula is C15H12ClF3N2O2. The van der Waals surface area contributed by atoms with Gasteiger partial charge in [0.25, 0.3) is 5.91 Å². The summed E-state index contributed by atoms with van der Waals surface area (Å²) in [7, 11) is 0. The summed E-state index contributed by atoms with van der Waals surface area (Å²) < 4.78 is 39.7. The zero-order chi connectivity index (χ0) is 17.2. The van der Waals surface area contributed by atoms with Gasteiger partial charge in [-0.1, -0.05) is 23.7 Å². The van der Waals surface area contributed by atoms with Crippen LogP contribution in [-0.4, -0.2) is 17.1 Å². The third kappa shape index (κ3) is 4.13. The van der Waals surface area contributed by atoms with E-state index in [9.17, 15) is 22.8 Å². The fourth-order valence-electron chi connectivity index (χ4n) is 2.04. The maximum atomic E-state index is 13.2. The lowest BCUT2D eigenvalue weighted by atomic mass is 10.1. The van der Waals surface area contributed by atoms with Gasteiger partial charge in [0.15, 0.2) is 6.04 Å². The Hall–Kier alpha value is -2.28. The Balaban J connectivity index is 2.33. The Labute approximate surface area is 134 Å². The number of carbonyl (C=O) groups excluding carboxylic acids is 1. The second kappa shape index (κ2) is 6.45. The van der Waals surface area contributed by atoms with Crippen LogP contribution in [0.4, 0.5) is 13.2 Å². The van der Waals surface area contributed by atoms with Gasteiger partial charge in [0.1, 0.15) is 0 Å². The standard InChI is InChI=1S/C15H12ClF3N2O2/c1-8-6-12(22)20-7-11(8)14(23)21-13(15(17,18)19)9-2-4-10(16)5-3-9/h2-7,13H,1H3,(H,20,22)(H,21,23)/t13-/m0/s1. The molecule has 0 aliphatic carbocycles. The van der Waals surface area contributed by atoms with Crippen molar-refractivity contribution in [3.8, 4) is 0 Å². The van der Waals surface area contributed by atoms with Crippen LogP contribution < -0.4 is 10.9 Å². The van der Waals surface area contributed by atoms with Crippen LogP contribution >= 0.6 is 11.6 Å². The Kier molecular flexibility index (Phi) is 4.79. The van der Waals surface area contributed by atoms with Gasteiger partial charge < -0.3 is 10.3 Å². The van der Waals surface area contributed by atoms with E-state index in [1.165, 1.54) is 31.2 Å². The van der Waals surface area contributed by atoms with Crippen LogP contribution in [0.2, 0.25) is 5.02 Å². The number of halogens is 4. The van der Waals surface area contributed by atoms with Crippen LogP contribution in [0, 0.1) is 6.92 Å². The quantitative estimate of drug-likeness (QED) is 0.896. The molecule has 2 N–H and O–H groups in total. The number of aryl methyl sites for hydroxylation is 1. The summed E-state index contributed by atoms with van der Waals surface area (Å²) in [6.45, 7) is 1.47. The van der Waals surface area contributed by atoms with Crippen molar-refractivity contribution in [1.82, 2.24) is 10.3 Å². The second-order valence-corrected chi connectivity index (χ2v) is 5.33. The molecule has 23 heavy (non-hydrogen) atoms. The summed E-state index contributed by atoms with van der Waals surface area (Å²) in [5, 5.41) is 2.23. The van der Waals surface area contributed by atoms with E-state index >= 15 is 0 Å². The average molecular weight is 345 g/mol. The van der Waals surface area contributed by atoms with Gasteiger partial charge in [-0.15, -0.1) is 0 Å². The monoisotopic (exact) mass is 344 g/mol. The maximum absolute atomic E-state index is 13.2. The largest absolute Gasteiger partial charge is 0.412 e. The average Bonchev–Trinajstić information content (AvgIpc) is 2.44. The molecule has 0 saturated carbocycles. The molecule has 1 heterocycles. The summed E-state index contributed by atoms with van der Waals surface area (Å²) >= 11 is 5.67. The molecule has 0 radical (unpaired) electrons. The van der Waals surface area contributed by atoms with E-state index in [1.54, 1.807) is 0 Å². The number of carbonyl (C=O) groups is 1. The summed E-state index contributed by atoms with van der Waals surface area (Å²) in [5.41, 5.74) is -0.336. The Morgan fingerprint density at radius 3 is 2.39 bits per heavy atom. The van der Waals surface area contributed by atoms with Crippen LogP contribution in [0.1, 0.15) is 27.5 Å². The van der Waals surface area contributed by atoms with E-state index in [2.05, 4.69) is 4.98 Å². The number of benzene rings is 1. The number of H-pyrrole nitrogens is 1. The van der Waals surface area contributed by atoms with Crippen molar-refractivity contribution in [1.29, 1.82) is 0 Å². The van der Waals surface area contributed by atoms with Crippen molar-refractivity contribution in [3.63, 3.8) is 0 Å². The van der Waals surface area contributed by atoms with E-state index in [4.69, 9.17) is 11.6 Å². The number of pyridine rings is 1. The number of alkyl halides is 3. The van der Waals surface area contributed by atoms with Gasteiger partial charge in [-0.05, 0) is 30.2 Å². The Morgan fingerprint density at radius 1 is 1.26 bits per heavy atom. The molecule has 2 aromatic rings. The predicted octanol–water partition coefficient (Wildman–Crippen LogP) is 3.37. The highest BCUT2D eigenvalue weighted by Crippen LogP contribution is 2.33. The van der Waals surface area contributed by atoms with Crippen molar-refractivity contribution in [2.75, 3.05) is 0 Å². The predicted molar refractivity (Wildman–Crippen MR) is 79.5 cm³/mol. The smallest absolute Gasteiger partial charge is 0.337 e. The highest BCUT2D eigenvalue weighted by Gasteiger charge is 2.42. The van der Waals surface area contributed by atoms with Crippen LogP contribution in [0.15, 0.2) is 41.3 Å². The van der Waals surface area contributed by atoms with Gasteiger partial charge in [0, 0.05) is 17.3 Å². The number of nitrogens with one attached hydrogen (secondary N) is 2. The van der Waals surface area contributed by atoms with Crippen LogP contribution in [0.5, 0.6) is 0 Å². The van der Waals surface area contributed by atoms with E-state index < -0.39 is 23.7 Å². The first-order valence-corrected chi connectivity index (χ1v) is 6.88. The molecule has 0 fully saturated rings. The maximum Gasteiger partial charge on any atom is 0.412 e. The fourth-order valence-corrected chi connectivity index (χ4v) is 2.16. The summed E-state index contributed by atoms with van der Waals surface area (Å²) in [4.78, 5) is 25.5. The molecule has 1 aromatic heterocycles. The van der Waals surface area contributed by atoms with Gasteiger partial charge in [0.2, 0.25) is 5.56 Å². The zero-order valence-electron chi connectivity index (χ0n) is 11.9. The molecular weight excluding hydrogens is 333 g/mol. The number of aromatic nitrogens is 1. The van der Waals surface area contributed by atoms with E-state index in [-0.39, 0.29) is 21.7 Å². The van der Waals surface area contributed by atoms with Crippen molar-refractivity contribution in [2.24, 2.45) is 0 Å². The lowest BCUT2D eigenvalue weighted by molar-refractivity contribution is -0.155. The van der Waals surface area contributed by atoms with Crippen LogP contribution in [-0.2, 0) is 0 Å². The number of hydrogen-bond donors (Lipinski definition) is 2. The molecule has 0 aliphatic rings. The molecule has 2 rings (SSSR count). The van der Waals surface area contributed by atoms with Gasteiger partial charge in [-0.25, -0.2) is 0 Å². The molecule has 0 aliphatic heterocycles. The van der Waals surface area contributed by atoms with E-state index in [0.29, 0.717) is 0 Å². The third-order valence-corrected chi connectivity index (χ3v) is 3.43. The molecule has 122 valence electrons. The Bertz CT molecular complexity index is 770. The number of aromatic amines is 1. The lowest BCUT2D eigenvalue weighted by Crippen LogP contribution is -2.38. The van der Waals surface area contributed by atoms with Gasteiger partial charge in [-0.3, -0.25) is 9.59 Å². The first kappa shape index (κ1) is 17.1. The molecule has 0 unspecified atom stereocenters. The molecule has 0 bridgehead atoms. The van der Waals surface area contributed by atoms with Crippen molar-refractivity contribution in [2.45, 2.75) is 19.1 Å². The highest BCUT2D eigenvalue weighted by atomic mass is 35.5. The molecule has 1 atom stereocenters. The number of hydrogen-bond acceptors (Lipinski definition) is 2. The van der Waals surface area contributed by atoms with Crippen molar-refractivity contribution >= 4 is 17.5 Å². The highest BCUT2D eigenvalue weighted by molar-refractivity contribution is 6.30. The van der Waals surface area contributed by atoms with Gasteiger partial charge in [0.05, 0.1) is 5.56 Å². The van der Waals surface area contributed by atoms with Gasteiger partial charge in [-0.2, -0.15) is 13.2 Å². The summed E-state index contributed by atoms with van der Waals surface area (Å²) in [5.74, 6) is -0.934. The molecule has 0 saturated heterocycles. The van der Waals surface area contributed by atoms with E-state index in [1.807, 2.05) is 5.32 Å². The van der Waals surface area contributed by atoms with Crippen molar-refractivity contribution in [3.05, 3.63) is 68.6 Å². The van der Waals surface area contributed by atoms with Gasteiger partial charge >= 0.3 is 6.18 Å². The summed E-state index contributed by atoms with van der Waals surface area (Å²) in [6, 6.07) is 3.97. The molecule has 1 aromatic carbocycles. The van der Waals surface area contributed by atoms with Crippen molar-refractivity contribution < 1.29 is 18.0 Å². The molecule has 0 spiro atoms. The fraction of sp³-hybridized carbons (Fsp3) is 0.200. The topological polar surface area (TPSA) is 62.0 Å². The summed E-state index contributed by atoms with van der Waals surface area (Å²) in [6.07, 6.45) is -3.60. The van der Waals surface area contributed by atoms with E-state index in [0.717, 1.165) is 12.3 Å². The number of rotatable bonds is 3. The normalized spacial score (nSPS) is 12.7. The second-order valence-electron chi connectivity index (χ2n) is 4.89. The molecule has 1 amide bonds. The first-order chi connectivity index (χ1) is 10.7. The zero-order valence-corrected chi connectivity index (χ0v) is 12.6. The first-order valence-electron chi connectivity index (χ1n) is 6.51. The SMILES string of the molecule is Cc1cc(=O)[nH]cc1C(=O)N[C@@H](c1ccc(Cl)cc1)C(F)(F)F. The van der Waals surface area contributed by atoms with Crippen LogP contribution in [0.3, 0.4) is 0 Å². The molecule has 8 heteroatoms. The lowest BCUT2D eigenvalue weighted by Gasteiger charge is -2.22. The van der Waals surface area contributed by atoms with Crippen LogP contribution in [0.25, 0.3) is 0 Å². The minimum atomic E-state index is -4.68. The Morgan fingerprint density at radius 2 is 1.87 bits per heavy atom. The third-order valence-electron chi connectivity index (χ3n) is 3.18. The molecule has 4 nitrogen and oxygen atoms in total. The number of amides is 1. The minimum Gasteiger partial charge on any atom is -0.337 e.